The summed E-state index contributed by atoms with van der Waals surface area (Å²) in [6.07, 6.45) is 0. The van der Waals surface area contributed by atoms with E-state index in [2.05, 4.69) is 5.16 Å². The molecule has 2 aromatic rings. The Labute approximate surface area is 126 Å². The van der Waals surface area contributed by atoms with E-state index in [-0.39, 0.29) is 18.3 Å². The number of hydrogen-bond donors (Lipinski definition) is 2. The number of benzene rings is 2. The molecule has 6 heteroatoms. The Bertz CT molecular complexity index is 689. The van der Waals surface area contributed by atoms with Gasteiger partial charge in [0.2, 0.25) is 0 Å². The normalized spacial score (nSPS) is 11.5. The molecule has 0 bridgehead atoms. The summed E-state index contributed by atoms with van der Waals surface area (Å²) in [5, 5.41) is 12.0. The molecule has 0 aromatic heterocycles. The highest BCUT2D eigenvalue weighted by Crippen LogP contribution is 2.22. The molecule has 0 heterocycles. The number of hydrogen-bond acceptors (Lipinski definition) is 3. The molecular formula is C15H14ClFN2O2. The maximum atomic E-state index is 13.2. The zero-order valence-corrected chi connectivity index (χ0v) is 12.1. The molecule has 0 aliphatic heterocycles. The zero-order valence-electron chi connectivity index (χ0n) is 11.3. The predicted octanol–water partition coefficient (Wildman–Crippen LogP) is 3.46. The number of halogens is 2. The Morgan fingerprint density at radius 1 is 1.33 bits per heavy atom. The van der Waals surface area contributed by atoms with Crippen LogP contribution in [0.15, 0.2) is 41.6 Å². The standard InChI is InChI=1S/C15H14ClFN2O2/c1-9-6-12(4-5-14(9)17)21-8-11-3-2-10(7-13(11)16)15(18)19-20/h2-7,20H,8H2,1H3,(H2,18,19). The van der Waals surface area contributed by atoms with Crippen molar-refractivity contribution in [3.05, 3.63) is 63.9 Å². The first-order chi connectivity index (χ1) is 10.0. The fraction of sp³-hybridized carbons (Fsp3) is 0.133. The summed E-state index contributed by atoms with van der Waals surface area (Å²) in [6, 6.07) is 9.52. The van der Waals surface area contributed by atoms with Crippen LogP contribution in [0.25, 0.3) is 0 Å². The molecule has 0 saturated carbocycles. The lowest BCUT2D eigenvalue weighted by molar-refractivity contribution is 0.305. The molecule has 0 aliphatic carbocycles. The van der Waals surface area contributed by atoms with Crippen molar-refractivity contribution in [1.29, 1.82) is 0 Å². The van der Waals surface area contributed by atoms with Crippen LogP contribution in [0.1, 0.15) is 16.7 Å². The number of rotatable bonds is 4. The average Bonchev–Trinajstić information content (AvgIpc) is 2.48. The van der Waals surface area contributed by atoms with Crippen molar-refractivity contribution in [2.24, 2.45) is 10.9 Å². The number of amidine groups is 1. The quantitative estimate of drug-likeness (QED) is 0.393. The first-order valence-electron chi connectivity index (χ1n) is 6.16. The van der Waals surface area contributed by atoms with Crippen molar-refractivity contribution in [3.63, 3.8) is 0 Å². The van der Waals surface area contributed by atoms with Crippen LogP contribution in [0.3, 0.4) is 0 Å². The Kier molecular flexibility index (Phi) is 4.65. The van der Waals surface area contributed by atoms with Crippen molar-refractivity contribution in [1.82, 2.24) is 0 Å². The van der Waals surface area contributed by atoms with Gasteiger partial charge in [-0.25, -0.2) is 4.39 Å². The van der Waals surface area contributed by atoms with Crippen molar-refractivity contribution < 1.29 is 14.3 Å². The van der Waals surface area contributed by atoms with E-state index in [0.29, 0.717) is 21.9 Å². The molecule has 0 radical (unpaired) electrons. The minimum atomic E-state index is -0.275. The van der Waals surface area contributed by atoms with Gasteiger partial charge in [0.1, 0.15) is 18.2 Å². The van der Waals surface area contributed by atoms with Gasteiger partial charge < -0.3 is 15.7 Å². The van der Waals surface area contributed by atoms with Crippen LogP contribution in [0.2, 0.25) is 5.02 Å². The van der Waals surface area contributed by atoms with E-state index in [0.717, 1.165) is 5.56 Å². The van der Waals surface area contributed by atoms with Gasteiger partial charge in [-0.15, -0.1) is 0 Å². The largest absolute Gasteiger partial charge is 0.489 e. The molecular weight excluding hydrogens is 295 g/mol. The molecule has 0 aliphatic rings. The Morgan fingerprint density at radius 2 is 2.10 bits per heavy atom. The minimum Gasteiger partial charge on any atom is -0.489 e. The number of aryl methyl sites for hydroxylation is 1. The first-order valence-corrected chi connectivity index (χ1v) is 6.54. The third kappa shape index (κ3) is 3.64. The predicted molar refractivity (Wildman–Crippen MR) is 79.4 cm³/mol. The summed E-state index contributed by atoms with van der Waals surface area (Å²) >= 11 is 6.12. The van der Waals surface area contributed by atoms with Crippen molar-refractivity contribution in [2.75, 3.05) is 0 Å². The maximum Gasteiger partial charge on any atom is 0.170 e. The third-order valence-electron chi connectivity index (χ3n) is 2.98. The van der Waals surface area contributed by atoms with Crippen LogP contribution in [-0.2, 0) is 6.61 Å². The van der Waals surface area contributed by atoms with Gasteiger partial charge in [-0.1, -0.05) is 28.9 Å². The molecule has 3 N–H and O–H groups in total. The van der Waals surface area contributed by atoms with E-state index < -0.39 is 0 Å². The molecule has 0 atom stereocenters. The molecule has 110 valence electrons. The Morgan fingerprint density at radius 3 is 2.71 bits per heavy atom. The van der Waals surface area contributed by atoms with Crippen LogP contribution in [0.4, 0.5) is 4.39 Å². The van der Waals surface area contributed by atoms with E-state index in [1.807, 2.05) is 0 Å². The average molecular weight is 309 g/mol. The summed E-state index contributed by atoms with van der Waals surface area (Å²) in [5.41, 5.74) is 7.26. The van der Waals surface area contributed by atoms with E-state index >= 15 is 0 Å². The van der Waals surface area contributed by atoms with Crippen LogP contribution in [0.5, 0.6) is 5.75 Å². The molecule has 0 fully saturated rings. The first kappa shape index (κ1) is 15.1. The summed E-state index contributed by atoms with van der Waals surface area (Å²) in [6.45, 7) is 1.90. The maximum absolute atomic E-state index is 13.2. The lowest BCUT2D eigenvalue weighted by Gasteiger charge is -2.10. The molecule has 21 heavy (non-hydrogen) atoms. The van der Waals surface area contributed by atoms with Crippen LogP contribution < -0.4 is 10.5 Å². The lowest BCUT2D eigenvalue weighted by Crippen LogP contribution is -2.13. The topological polar surface area (TPSA) is 67.8 Å². The van der Waals surface area contributed by atoms with Gasteiger partial charge >= 0.3 is 0 Å². The molecule has 2 rings (SSSR count). The highest BCUT2D eigenvalue weighted by Gasteiger charge is 2.07. The van der Waals surface area contributed by atoms with Gasteiger partial charge in [0.25, 0.3) is 0 Å². The summed E-state index contributed by atoms with van der Waals surface area (Å²) < 4.78 is 18.7. The summed E-state index contributed by atoms with van der Waals surface area (Å²) in [4.78, 5) is 0. The lowest BCUT2D eigenvalue weighted by atomic mass is 10.1. The highest BCUT2D eigenvalue weighted by molar-refractivity contribution is 6.31. The van der Waals surface area contributed by atoms with Gasteiger partial charge in [0.05, 0.1) is 0 Å². The van der Waals surface area contributed by atoms with E-state index in [1.165, 1.54) is 6.07 Å². The second-order valence-electron chi connectivity index (χ2n) is 4.49. The van der Waals surface area contributed by atoms with Crippen molar-refractivity contribution in [3.8, 4) is 5.75 Å². The highest BCUT2D eigenvalue weighted by atomic mass is 35.5. The van der Waals surface area contributed by atoms with E-state index in [9.17, 15) is 4.39 Å². The minimum absolute atomic E-state index is 0.0153. The van der Waals surface area contributed by atoms with Crippen LogP contribution >= 0.6 is 11.6 Å². The summed E-state index contributed by atoms with van der Waals surface area (Å²) in [5.74, 6) is 0.271. The van der Waals surface area contributed by atoms with Gasteiger partial charge in [-0.2, -0.15) is 0 Å². The fourth-order valence-electron chi connectivity index (χ4n) is 1.75. The fourth-order valence-corrected chi connectivity index (χ4v) is 1.98. The monoisotopic (exact) mass is 308 g/mol. The molecule has 0 spiro atoms. The molecule has 0 saturated heterocycles. The Balaban J connectivity index is 2.11. The molecule has 0 amide bonds. The van der Waals surface area contributed by atoms with Gasteiger partial charge in [-0.3, -0.25) is 0 Å². The zero-order chi connectivity index (χ0) is 15.4. The molecule has 4 nitrogen and oxygen atoms in total. The van der Waals surface area contributed by atoms with Gasteiger partial charge in [-0.05, 0) is 36.8 Å². The van der Waals surface area contributed by atoms with Crippen LogP contribution in [0, 0.1) is 12.7 Å². The summed E-state index contributed by atoms with van der Waals surface area (Å²) in [7, 11) is 0. The smallest absolute Gasteiger partial charge is 0.170 e. The van der Waals surface area contributed by atoms with E-state index in [4.69, 9.17) is 27.3 Å². The van der Waals surface area contributed by atoms with E-state index in [1.54, 1.807) is 37.3 Å². The second kappa shape index (κ2) is 6.45. The number of oxime groups is 1. The molecule has 0 unspecified atom stereocenters. The number of nitrogens with two attached hydrogens (primary N) is 1. The SMILES string of the molecule is Cc1cc(OCc2ccc(/C(N)=N/O)cc2Cl)ccc1F. The van der Waals surface area contributed by atoms with Crippen LogP contribution in [-0.4, -0.2) is 11.0 Å². The third-order valence-corrected chi connectivity index (χ3v) is 3.33. The number of ether oxygens (including phenoxy) is 1. The van der Waals surface area contributed by atoms with Gasteiger partial charge in [0.15, 0.2) is 5.84 Å². The van der Waals surface area contributed by atoms with Gasteiger partial charge in [0, 0.05) is 16.1 Å². The number of nitrogens with zero attached hydrogens (tertiary/aromatic N) is 1. The Hall–Kier alpha value is -2.27. The second-order valence-corrected chi connectivity index (χ2v) is 4.90. The molecule has 2 aromatic carbocycles. The van der Waals surface area contributed by atoms with Crippen molar-refractivity contribution >= 4 is 17.4 Å². The van der Waals surface area contributed by atoms with Crippen molar-refractivity contribution in [2.45, 2.75) is 13.5 Å².